The Morgan fingerprint density at radius 2 is 1.92 bits per heavy atom. The number of benzene rings is 2. The van der Waals surface area contributed by atoms with Crippen molar-refractivity contribution in [3.05, 3.63) is 108 Å². The highest BCUT2D eigenvalue weighted by Gasteiger charge is 2.19. The molecule has 4 aromatic rings. The van der Waals surface area contributed by atoms with Crippen LogP contribution in [0.4, 0.5) is 5.69 Å². The van der Waals surface area contributed by atoms with Gasteiger partial charge < -0.3 is 9.67 Å². The Morgan fingerprint density at radius 3 is 2.61 bits per heavy atom. The van der Waals surface area contributed by atoms with Gasteiger partial charge in [-0.1, -0.05) is 48.8 Å². The second-order valence-corrected chi connectivity index (χ2v) is 9.65. The maximum atomic E-state index is 13.3. The monoisotopic (exact) mass is 497 g/mol. The number of carboxylic acid groups (broad SMARTS) is 1. The lowest BCUT2D eigenvalue weighted by Gasteiger charge is -2.10. The molecular formula is C28H23N3O4S. The van der Waals surface area contributed by atoms with E-state index in [4.69, 9.17) is 5.11 Å². The van der Waals surface area contributed by atoms with E-state index in [1.807, 2.05) is 30.7 Å². The number of nitrogens with one attached hydrogen (secondary N) is 1. The van der Waals surface area contributed by atoms with Crippen LogP contribution in [0.2, 0.25) is 0 Å². The van der Waals surface area contributed by atoms with Crippen molar-refractivity contribution in [1.82, 2.24) is 9.55 Å². The van der Waals surface area contributed by atoms with E-state index in [0.29, 0.717) is 16.8 Å². The Balaban J connectivity index is 1.68. The second-order valence-electron chi connectivity index (χ2n) is 7.97. The highest BCUT2D eigenvalue weighted by Crippen LogP contribution is 2.29. The number of para-hydroxylation sites is 1. The van der Waals surface area contributed by atoms with Crippen molar-refractivity contribution in [2.24, 2.45) is 7.05 Å². The number of aromatic carboxylic acids is 1. The van der Waals surface area contributed by atoms with Crippen LogP contribution in [-0.2, 0) is 17.1 Å². The van der Waals surface area contributed by atoms with Gasteiger partial charge in [0.25, 0.3) is 10.0 Å². The fraction of sp³-hybridized carbons (Fsp3) is 0.0714. The normalized spacial score (nSPS) is 11.3. The number of pyridine rings is 1. The van der Waals surface area contributed by atoms with E-state index >= 15 is 0 Å². The maximum Gasteiger partial charge on any atom is 0.354 e. The Hall–Kier alpha value is -4.61. The third kappa shape index (κ3) is 4.92. The van der Waals surface area contributed by atoms with Gasteiger partial charge in [-0.15, -0.1) is 0 Å². The molecule has 2 aromatic heterocycles. The number of rotatable bonds is 6. The van der Waals surface area contributed by atoms with Crippen LogP contribution in [0.1, 0.15) is 32.9 Å². The molecule has 0 unspecified atom stereocenters. The molecule has 0 aliphatic carbocycles. The quantitative estimate of drug-likeness (QED) is 0.289. The Kier molecular flexibility index (Phi) is 6.77. The predicted octanol–water partition coefficient (Wildman–Crippen LogP) is 4.98. The van der Waals surface area contributed by atoms with Crippen LogP contribution < -0.4 is 4.72 Å². The van der Waals surface area contributed by atoms with Gasteiger partial charge >= 0.3 is 5.97 Å². The van der Waals surface area contributed by atoms with E-state index in [-0.39, 0.29) is 10.6 Å². The number of carbonyl (C=O) groups is 1. The van der Waals surface area contributed by atoms with Crippen molar-refractivity contribution in [2.75, 3.05) is 4.72 Å². The van der Waals surface area contributed by atoms with Gasteiger partial charge in [0.1, 0.15) is 5.69 Å². The number of hydrogen-bond acceptors (Lipinski definition) is 4. The lowest BCUT2D eigenvalue weighted by molar-refractivity contribution is 0.0690. The fourth-order valence-corrected chi connectivity index (χ4v) is 4.85. The summed E-state index contributed by atoms with van der Waals surface area (Å²) < 4.78 is 31.3. The Bertz CT molecular complexity index is 1690. The molecule has 0 aliphatic rings. The van der Waals surface area contributed by atoms with Gasteiger partial charge in [-0.05, 0) is 49.4 Å². The van der Waals surface area contributed by atoms with Crippen LogP contribution in [0.3, 0.4) is 0 Å². The molecule has 180 valence electrons. The summed E-state index contributed by atoms with van der Waals surface area (Å²) in [6.07, 6.45) is 6.77. The summed E-state index contributed by atoms with van der Waals surface area (Å²) in [4.78, 5) is 14.9. The van der Waals surface area contributed by atoms with Gasteiger partial charge in [0.2, 0.25) is 0 Å². The fourth-order valence-electron chi connectivity index (χ4n) is 3.74. The number of nitrogens with zero attached hydrogens (tertiary/aromatic N) is 2. The topological polar surface area (TPSA) is 101 Å². The van der Waals surface area contributed by atoms with E-state index in [9.17, 15) is 13.2 Å². The number of aromatic nitrogens is 2. The molecule has 2 heterocycles. The van der Waals surface area contributed by atoms with E-state index in [2.05, 4.69) is 28.1 Å². The van der Waals surface area contributed by atoms with Crippen LogP contribution >= 0.6 is 0 Å². The molecule has 4 rings (SSSR count). The first-order chi connectivity index (χ1) is 17.2. The Morgan fingerprint density at radius 1 is 1.14 bits per heavy atom. The molecule has 0 bridgehead atoms. The molecule has 0 atom stereocenters. The van der Waals surface area contributed by atoms with Gasteiger partial charge in [0, 0.05) is 46.5 Å². The van der Waals surface area contributed by atoms with Gasteiger partial charge in [0.15, 0.2) is 0 Å². The van der Waals surface area contributed by atoms with E-state index in [1.165, 1.54) is 12.3 Å². The molecule has 0 spiro atoms. The van der Waals surface area contributed by atoms with Gasteiger partial charge in [-0.25, -0.2) is 18.2 Å². The zero-order valence-electron chi connectivity index (χ0n) is 19.7. The van der Waals surface area contributed by atoms with Crippen molar-refractivity contribution in [3.63, 3.8) is 0 Å². The van der Waals surface area contributed by atoms with Crippen LogP contribution in [0.5, 0.6) is 0 Å². The molecule has 2 aromatic carbocycles. The van der Waals surface area contributed by atoms with Crippen molar-refractivity contribution in [3.8, 4) is 11.8 Å². The first-order valence-electron chi connectivity index (χ1n) is 10.9. The lowest BCUT2D eigenvalue weighted by Crippen LogP contribution is -2.13. The number of hydrogen-bond donors (Lipinski definition) is 2. The summed E-state index contributed by atoms with van der Waals surface area (Å²) in [5.41, 5.74) is 4.08. The van der Waals surface area contributed by atoms with Crippen molar-refractivity contribution in [2.45, 2.75) is 11.8 Å². The van der Waals surface area contributed by atoms with Crippen LogP contribution in [0, 0.1) is 18.8 Å². The van der Waals surface area contributed by atoms with Gasteiger partial charge in [-0.2, -0.15) is 0 Å². The molecule has 8 heteroatoms. The summed E-state index contributed by atoms with van der Waals surface area (Å²) in [7, 11) is -1.98. The molecule has 0 amide bonds. The summed E-state index contributed by atoms with van der Waals surface area (Å²) >= 11 is 0. The van der Waals surface area contributed by atoms with Crippen LogP contribution in [-0.4, -0.2) is 29.0 Å². The summed E-state index contributed by atoms with van der Waals surface area (Å²) in [5, 5.41) is 9.80. The van der Waals surface area contributed by atoms with Crippen LogP contribution in [0.15, 0.2) is 84.4 Å². The molecule has 36 heavy (non-hydrogen) atoms. The molecule has 0 radical (unpaired) electrons. The number of aryl methyl sites for hydroxylation is 1. The standard InChI is InChI=1S/C28H23N3O4S/c1-4-5-9-23-19(2)31(3)27-16-14-22(17-24(23)27)36(34,35)30-25-10-7-6-8-21(25)13-11-20-12-15-26(28(32)33)29-18-20/h4-10,12,14-18,30H,1H2,2-3H3,(H,32,33)/b9-5-. The molecule has 7 nitrogen and oxygen atoms in total. The smallest absolute Gasteiger partial charge is 0.354 e. The predicted molar refractivity (Wildman–Crippen MR) is 141 cm³/mol. The summed E-state index contributed by atoms with van der Waals surface area (Å²) in [6.45, 7) is 5.69. The van der Waals surface area contributed by atoms with Crippen molar-refractivity contribution < 1.29 is 18.3 Å². The third-order valence-corrected chi connectivity index (χ3v) is 7.08. The zero-order valence-corrected chi connectivity index (χ0v) is 20.5. The molecule has 2 N–H and O–H groups in total. The number of carboxylic acids is 1. The van der Waals surface area contributed by atoms with Gasteiger partial charge in [0.05, 0.1) is 10.6 Å². The third-order valence-electron chi connectivity index (χ3n) is 5.72. The van der Waals surface area contributed by atoms with Gasteiger partial charge in [-0.3, -0.25) is 4.72 Å². The van der Waals surface area contributed by atoms with E-state index in [1.54, 1.807) is 54.6 Å². The Labute approximate surface area is 209 Å². The van der Waals surface area contributed by atoms with E-state index < -0.39 is 16.0 Å². The van der Waals surface area contributed by atoms with Crippen molar-refractivity contribution >= 4 is 38.7 Å². The average Bonchev–Trinajstić information content (AvgIpc) is 3.11. The minimum atomic E-state index is -3.92. The molecule has 0 fully saturated rings. The zero-order chi connectivity index (χ0) is 25.9. The largest absolute Gasteiger partial charge is 0.477 e. The molecule has 0 saturated heterocycles. The van der Waals surface area contributed by atoms with Crippen molar-refractivity contribution in [1.29, 1.82) is 0 Å². The summed E-state index contributed by atoms with van der Waals surface area (Å²) in [5.74, 6) is 4.71. The minimum Gasteiger partial charge on any atom is -0.477 e. The highest BCUT2D eigenvalue weighted by molar-refractivity contribution is 7.92. The lowest BCUT2D eigenvalue weighted by atomic mass is 10.1. The molecular weight excluding hydrogens is 474 g/mol. The number of allylic oxidation sites excluding steroid dienone is 2. The number of anilines is 1. The number of fused-ring (bicyclic) bond motifs is 1. The molecule has 0 aliphatic heterocycles. The number of sulfonamides is 1. The van der Waals surface area contributed by atoms with E-state index in [0.717, 1.165) is 22.2 Å². The maximum absolute atomic E-state index is 13.3. The SMILES string of the molecule is C=C/C=C\c1c(C)n(C)c2ccc(S(=O)(=O)Nc3ccccc3C#Cc3ccc(C(=O)O)nc3)cc12. The summed E-state index contributed by atoms with van der Waals surface area (Å²) in [6, 6.07) is 14.8. The minimum absolute atomic E-state index is 0.0811. The van der Waals surface area contributed by atoms with Crippen LogP contribution in [0.25, 0.3) is 17.0 Å². The second kappa shape index (κ2) is 9.94. The first kappa shape index (κ1) is 24.5. The first-order valence-corrected chi connectivity index (χ1v) is 12.4. The highest BCUT2D eigenvalue weighted by atomic mass is 32.2. The average molecular weight is 498 g/mol. The molecule has 0 saturated carbocycles.